The molecule has 0 aliphatic carbocycles. The molecule has 0 aromatic rings. The Hall–Kier alpha value is -1.59. The van der Waals surface area contributed by atoms with Crippen molar-refractivity contribution < 1.29 is 28.6 Å². The monoisotopic (exact) mass is 807 g/mol. The second kappa shape index (κ2) is 45.5. The summed E-state index contributed by atoms with van der Waals surface area (Å²) in [6.45, 7) is 8.99. The summed E-state index contributed by atoms with van der Waals surface area (Å²) in [4.78, 5) is 37.7. The second-order valence-corrected chi connectivity index (χ2v) is 17.9. The first-order valence-corrected chi connectivity index (χ1v) is 25.4. The number of unbranched alkanes of at least 4 members (excludes halogenated alkanes) is 33. The first-order valence-electron chi connectivity index (χ1n) is 25.4. The van der Waals surface area contributed by atoms with Crippen molar-refractivity contribution in [1.29, 1.82) is 0 Å². The third-order valence-electron chi connectivity index (χ3n) is 11.5. The van der Waals surface area contributed by atoms with Gasteiger partial charge in [-0.25, -0.2) is 0 Å². The molecular weight excluding hydrogens is 709 g/mol. The molecule has 1 atom stereocenters. The molecule has 0 heterocycles. The Morgan fingerprint density at radius 2 is 0.579 bits per heavy atom. The highest BCUT2D eigenvalue weighted by atomic mass is 16.6. The number of hydrogen-bond acceptors (Lipinski definition) is 6. The molecular formula is C51H98O6. The van der Waals surface area contributed by atoms with Gasteiger partial charge >= 0.3 is 17.9 Å². The molecule has 0 aromatic heterocycles. The Labute approximate surface area is 355 Å². The summed E-state index contributed by atoms with van der Waals surface area (Å²) in [5.41, 5.74) is 0. The minimum absolute atomic E-state index is 0.0635. The lowest BCUT2D eigenvalue weighted by atomic mass is 10.0. The molecule has 0 aliphatic heterocycles. The Balaban J connectivity index is 4.09. The molecule has 6 heteroatoms. The fraction of sp³-hybridized carbons (Fsp3) is 0.941. The van der Waals surface area contributed by atoms with Crippen LogP contribution in [0.2, 0.25) is 0 Å². The van der Waals surface area contributed by atoms with Gasteiger partial charge in [0.05, 0.1) is 0 Å². The summed E-state index contributed by atoms with van der Waals surface area (Å²) in [7, 11) is 0. The lowest BCUT2D eigenvalue weighted by Crippen LogP contribution is -2.30. The lowest BCUT2D eigenvalue weighted by molar-refractivity contribution is -0.167. The molecule has 0 amide bonds. The Morgan fingerprint density at radius 1 is 0.333 bits per heavy atom. The number of rotatable bonds is 46. The number of carbonyl (C=O) groups excluding carboxylic acids is 3. The van der Waals surface area contributed by atoms with Crippen molar-refractivity contribution in [2.75, 3.05) is 13.2 Å². The number of hydrogen-bond donors (Lipinski definition) is 0. The summed E-state index contributed by atoms with van der Waals surface area (Å²) < 4.78 is 16.7. The summed E-state index contributed by atoms with van der Waals surface area (Å²) in [6.07, 6.45) is 46.8. The van der Waals surface area contributed by atoms with Crippen LogP contribution in [-0.2, 0) is 28.6 Å². The highest BCUT2D eigenvalue weighted by Gasteiger charge is 2.19. The first kappa shape index (κ1) is 55.4. The molecule has 0 bridgehead atoms. The summed E-state index contributed by atoms with van der Waals surface area (Å²) in [5, 5.41) is 0. The Bertz CT molecular complexity index is 857. The molecule has 0 saturated heterocycles. The van der Waals surface area contributed by atoms with E-state index in [2.05, 4.69) is 27.7 Å². The van der Waals surface area contributed by atoms with Gasteiger partial charge in [0, 0.05) is 19.3 Å². The maximum atomic E-state index is 12.6. The van der Waals surface area contributed by atoms with Crippen LogP contribution < -0.4 is 0 Å². The second-order valence-electron chi connectivity index (χ2n) is 17.9. The SMILES string of the molecule is CCCCCCCCCCCCCC(=O)OC[C@H](COC(=O)CCCCCCCCCCCCCCCCCCCCC(C)C)OC(=O)CCCCCCCCC. The standard InChI is InChI=1S/C51H98O6/c1-5-7-9-11-13-14-23-27-31-34-38-42-49(52)55-45-48(57-51(54)44-40-36-29-12-10-8-6-2)46-56-50(53)43-39-35-32-28-25-22-20-18-16-15-17-19-21-24-26-30-33-37-41-47(3)4/h47-48H,5-46H2,1-4H3/t48-/m1/s1. The maximum Gasteiger partial charge on any atom is 0.306 e. The molecule has 0 radical (unpaired) electrons. The van der Waals surface area contributed by atoms with Crippen LogP contribution in [0.1, 0.15) is 285 Å². The fourth-order valence-electron chi connectivity index (χ4n) is 7.69. The van der Waals surface area contributed by atoms with E-state index in [0.29, 0.717) is 19.3 Å². The third-order valence-corrected chi connectivity index (χ3v) is 11.5. The minimum atomic E-state index is -0.758. The average Bonchev–Trinajstić information content (AvgIpc) is 3.19. The van der Waals surface area contributed by atoms with E-state index in [0.717, 1.165) is 63.7 Å². The zero-order chi connectivity index (χ0) is 41.7. The molecule has 0 saturated carbocycles. The molecule has 57 heavy (non-hydrogen) atoms. The zero-order valence-corrected chi connectivity index (χ0v) is 38.8. The van der Waals surface area contributed by atoms with Gasteiger partial charge in [-0.15, -0.1) is 0 Å². The van der Waals surface area contributed by atoms with Gasteiger partial charge < -0.3 is 14.2 Å². The van der Waals surface area contributed by atoms with E-state index in [1.807, 2.05) is 0 Å². The van der Waals surface area contributed by atoms with Crippen molar-refractivity contribution in [3.8, 4) is 0 Å². The van der Waals surface area contributed by atoms with E-state index in [9.17, 15) is 14.4 Å². The predicted octanol–water partition coefficient (Wildman–Crippen LogP) is 16.3. The van der Waals surface area contributed by atoms with Gasteiger partial charge in [-0.1, -0.05) is 246 Å². The van der Waals surface area contributed by atoms with E-state index in [1.54, 1.807) is 0 Å². The lowest BCUT2D eigenvalue weighted by Gasteiger charge is -2.18. The van der Waals surface area contributed by atoms with Crippen molar-refractivity contribution in [2.24, 2.45) is 5.92 Å². The number of esters is 3. The normalized spacial score (nSPS) is 11.9. The smallest absolute Gasteiger partial charge is 0.306 e. The summed E-state index contributed by atoms with van der Waals surface area (Å²) in [5.74, 6) is 0.00450. The van der Waals surface area contributed by atoms with E-state index < -0.39 is 6.10 Å². The van der Waals surface area contributed by atoms with Crippen LogP contribution in [-0.4, -0.2) is 37.2 Å². The van der Waals surface area contributed by atoms with Crippen molar-refractivity contribution in [2.45, 2.75) is 291 Å². The molecule has 0 aromatic carbocycles. The molecule has 0 fully saturated rings. The fourth-order valence-corrected chi connectivity index (χ4v) is 7.69. The van der Waals surface area contributed by atoms with Crippen LogP contribution in [0, 0.1) is 5.92 Å². The van der Waals surface area contributed by atoms with Crippen molar-refractivity contribution in [3.63, 3.8) is 0 Å². The molecule has 0 aliphatic rings. The van der Waals surface area contributed by atoms with Crippen molar-refractivity contribution >= 4 is 17.9 Å². The topological polar surface area (TPSA) is 78.9 Å². The first-order chi connectivity index (χ1) is 27.9. The Kier molecular flexibility index (Phi) is 44.2. The van der Waals surface area contributed by atoms with E-state index in [4.69, 9.17) is 14.2 Å². The van der Waals surface area contributed by atoms with Crippen molar-refractivity contribution in [1.82, 2.24) is 0 Å². The quantitative estimate of drug-likeness (QED) is 0.0346. The average molecular weight is 807 g/mol. The van der Waals surface area contributed by atoms with Gasteiger partial charge in [-0.05, 0) is 25.2 Å². The molecule has 0 N–H and O–H groups in total. The summed E-state index contributed by atoms with van der Waals surface area (Å²) >= 11 is 0. The maximum absolute atomic E-state index is 12.6. The van der Waals surface area contributed by atoms with Gasteiger partial charge in [0.15, 0.2) is 6.10 Å². The van der Waals surface area contributed by atoms with Crippen LogP contribution in [0.25, 0.3) is 0 Å². The van der Waals surface area contributed by atoms with Crippen LogP contribution in [0.4, 0.5) is 0 Å². The van der Waals surface area contributed by atoms with Crippen LogP contribution in [0.5, 0.6) is 0 Å². The molecule has 0 rings (SSSR count). The van der Waals surface area contributed by atoms with E-state index in [-0.39, 0.29) is 31.1 Å². The number of carbonyl (C=O) groups is 3. The van der Waals surface area contributed by atoms with Gasteiger partial charge in [-0.2, -0.15) is 0 Å². The molecule has 0 spiro atoms. The van der Waals surface area contributed by atoms with Gasteiger partial charge in [-0.3, -0.25) is 14.4 Å². The molecule has 338 valence electrons. The highest BCUT2D eigenvalue weighted by Crippen LogP contribution is 2.17. The molecule has 0 unspecified atom stereocenters. The summed E-state index contributed by atoms with van der Waals surface area (Å²) in [6, 6.07) is 0. The highest BCUT2D eigenvalue weighted by molar-refractivity contribution is 5.71. The van der Waals surface area contributed by atoms with Gasteiger partial charge in [0.25, 0.3) is 0 Å². The van der Waals surface area contributed by atoms with Gasteiger partial charge in [0.1, 0.15) is 13.2 Å². The third kappa shape index (κ3) is 45.3. The van der Waals surface area contributed by atoms with Crippen LogP contribution >= 0.6 is 0 Å². The van der Waals surface area contributed by atoms with E-state index in [1.165, 1.54) is 180 Å². The minimum Gasteiger partial charge on any atom is -0.462 e. The zero-order valence-electron chi connectivity index (χ0n) is 38.8. The van der Waals surface area contributed by atoms with Crippen LogP contribution in [0.3, 0.4) is 0 Å². The van der Waals surface area contributed by atoms with Crippen LogP contribution in [0.15, 0.2) is 0 Å². The number of ether oxygens (including phenoxy) is 3. The Morgan fingerprint density at radius 3 is 0.860 bits per heavy atom. The molecule has 6 nitrogen and oxygen atoms in total. The largest absolute Gasteiger partial charge is 0.462 e. The predicted molar refractivity (Wildman–Crippen MR) is 243 cm³/mol. The van der Waals surface area contributed by atoms with E-state index >= 15 is 0 Å². The van der Waals surface area contributed by atoms with Gasteiger partial charge in [0.2, 0.25) is 0 Å². The van der Waals surface area contributed by atoms with Crippen molar-refractivity contribution in [3.05, 3.63) is 0 Å².